The van der Waals surface area contributed by atoms with Crippen LogP contribution in [-0.4, -0.2) is 41.5 Å². The van der Waals surface area contributed by atoms with Gasteiger partial charge in [-0.05, 0) is 67.0 Å². The second kappa shape index (κ2) is 9.30. The van der Waals surface area contributed by atoms with E-state index in [9.17, 15) is 4.79 Å². The van der Waals surface area contributed by atoms with Gasteiger partial charge in [0.05, 0.1) is 5.41 Å². The van der Waals surface area contributed by atoms with Crippen LogP contribution < -0.4 is 5.32 Å². The van der Waals surface area contributed by atoms with Crippen LogP contribution in [0.4, 0.5) is 0 Å². The van der Waals surface area contributed by atoms with Gasteiger partial charge in [-0.15, -0.1) is 0 Å². The fraction of sp³-hybridized carbons (Fsp3) is 0.538. The standard InChI is InChI=1S/C26H35N3O/c1-20(2)18-28-25(30)26(13-16-29(19-26)23-8-4-5-9-23)17-22-7-3-6-10-24(22)21-11-14-27-15-12-21/h3,6-7,10-12,14-15,20,23H,4-5,8-9,13,16-19H2,1-2H3,(H,28,30)/t26-/m0/s1. The third-order valence-corrected chi connectivity index (χ3v) is 6.91. The van der Waals surface area contributed by atoms with Crippen molar-refractivity contribution >= 4 is 5.91 Å². The van der Waals surface area contributed by atoms with Gasteiger partial charge < -0.3 is 5.32 Å². The van der Waals surface area contributed by atoms with Gasteiger partial charge in [0, 0.05) is 31.5 Å². The minimum Gasteiger partial charge on any atom is -0.355 e. The minimum absolute atomic E-state index is 0.237. The topological polar surface area (TPSA) is 45.2 Å². The van der Waals surface area contributed by atoms with Crippen molar-refractivity contribution in [2.24, 2.45) is 11.3 Å². The molecule has 2 fully saturated rings. The average Bonchev–Trinajstić information content (AvgIpc) is 3.44. The molecule has 2 heterocycles. The molecule has 1 aliphatic carbocycles. The molecule has 30 heavy (non-hydrogen) atoms. The van der Waals surface area contributed by atoms with Crippen molar-refractivity contribution in [3.05, 3.63) is 54.4 Å². The lowest BCUT2D eigenvalue weighted by Crippen LogP contribution is -2.46. The highest BCUT2D eigenvalue weighted by molar-refractivity contribution is 5.84. The van der Waals surface area contributed by atoms with E-state index in [1.807, 2.05) is 12.4 Å². The number of carbonyl (C=O) groups is 1. The van der Waals surface area contributed by atoms with Crippen LogP contribution in [-0.2, 0) is 11.2 Å². The summed E-state index contributed by atoms with van der Waals surface area (Å²) in [5, 5.41) is 3.28. The third kappa shape index (κ3) is 4.59. The summed E-state index contributed by atoms with van der Waals surface area (Å²) in [6, 6.07) is 13.3. The van der Waals surface area contributed by atoms with E-state index in [0.29, 0.717) is 12.0 Å². The molecule has 4 heteroatoms. The maximum absolute atomic E-state index is 13.5. The first-order valence-corrected chi connectivity index (χ1v) is 11.6. The summed E-state index contributed by atoms with van der Waals surface area (Å²) in [5.41, 5.74) is 3.30. The Labute approximate surface area is 181 Å². The largest absolute Gasteiger partial charge is 0.355 e. The number of rotatable bonds is 7. The van der Waals surface area contributed by atoms with Gasteiger partial charge in [0.1, 0.15) is 0 Å². The van der Waals surface area contributed by atoms with Crippen LogP contribution in [0.2, 0.25) is 0 Å². The number of hydrogen-bond donors (Lipinski definition) is 1. The van der Waals surface area contributed by atoms with Crippen LogP contribution in [0.5, 0.6) is 0 Å². The van der Waals surface area contributed by atoms with Crippen molar-refractivity contribution in [1.29, 1.82) is 0 Å². The van der Waals surface area contributed by atoms with E-state index in [2.05, 4.69) is 65.4 Å². The first-order valence-electron chi connectivity index (χ1n) is 11.6. The second-order valence-corrected chi connectivity index (χ2v) is 9.61. The van der Waals surface area contributed by atoms with Gasteiger partial charge in [-0.2, -0.15) is 0 Å². The first kappa shape index (κ1) is 21.0. The normalized spacial score (nSPS) is 22.6. The molecule has 160 valence electrons. The van der Waals surface area contributed by atoms with Gasteiger partial charge in [0.15, 0.2) is 0 Å². The number of carbonyl (C=O) groups excluding carboxylic acids is 1. The molecule has 1 atom stereocenters. The highest BCUT2D eigenvalue weighted by Crippen LogP contribution is 2.40. The average molecular weight is 406 g/mol. The molecule has 0 radical (unpaired) electrons. The van der Waals surface area contributed by atoms with Gasteiger partial charge >= 0.3 is 0 Å². The van der Waals surface area contributed by atoms with E-state index < -0.39 is 0 Å². The lowest BCUT2D eigenvalue weighted by Gasteiger charge is -2.31. The number of nitrogens with zero attached hydrogens (tertiary/aromatic N) is 2. The van der Waals surface area contributed by atoms with Crippen molar-refractivity contribution in [1.82, 2.24) is 15.2 Å². The minimum atomic E-state index is -0.347. The Morgan fingerprint density at radius 3 is 2.63 bits per heavy atom. The van der Waals surface area contributed by atoms with Crippen molar-refractivity contribution in [3.63, 3.8) is 0 Å². The Kier molecular flexibility index (Phi) is 6.52. The van der Waals surface area contributed by atoms with E-state index in [1.54, 1.807) is 0 Å². The summed E-state index contributed by atoms with van der Waals surface area (Å²) in [7, 11) is 0. The number of likely N-dealkylation sites (tertiary alicyclic amines) is 1. The van der Waals surface area contributed by atoms with Gasteiger partial charge in [-0.25, -0.2) is 0 Å². The maximum atomic E-state index is 13.5. The summed E-state index contributed by atoms with van der Waals surface area (Å²) in [6.45, 7) is 6.98. The van der Waals surface area contributed by atoms with Gasteiger partial charge in [0.25, 0.3) is 0 Å². The quantitative estimate of drug-likeness (QED) is 0.726. The predicted molar refractivity (Wildman–Crippen MR) is 122 cm³/mol. The monoisotopic (exact) mass is 405 g/mol. The van der Waals surface area contributed by atoms with Crippen LogP contribution in [0.1, 0.15) is 51.5 Å². The number of pyridine rings is 1. The summed E-state index contributed by atoms with van der Waals surface area (Å²) in [4.78, 5) is 20.3. The number of benzene rings is 1. The summed E-state index contributed by atoms with van der Waals surface area (Å²) in [5.74, 6) is 0.698. The van der Waals surface area contributed by atoms with Gasteiger partial charge in [-0.3, -0.25) is 14.7 Å². The summed E-state index contributed by atoms with van der Waals surface area (Å²) < 4.78 is 0. The molecule has 1 saturated heterocycles. The lowest BCUT2D eigenvalue weighted by molar-refractivity contribution is -0.130. The van der Waals surface area contributed by atoms with Crippen LogP contribution in [0.15, 0.2) is 48.8 Å². The Morgan fingerprint density at radius 2 is 1.90 bits per heavy atom. The fourth-order valence-electron chi connectivity index (χ4n) is 5.23. The number of aromatic nitrogens is 1. The van der Waals surface area contributed by atoms with E-state index >= 15 is 0 Å². The van der Waals surface area contributed by atoms with Crippen LogP contribution in [0.25, 0.3) is 11.1 Å². The molecule has 1 aromatic carbocycles. The molecule has 2 aromatic rings. The lowest BCUT2D eigenvalue weighted by atomic mass is 9.78. The smallest absolute Gasteiger partial charge is 0.227 e. The molecule has 2 aliphatic rings. The number of nitrogens with one attached hydrogen (secondary N) is 1. The molecule has 0 unspecified atom stereocenters. The Balaban J connectivity index is 1.62. The van der Waals surface area contributed by atoms with Gasteiger partial charge in [0.2, 0.25) is 5.91 Å². The van der Waals surface area contributed by atoms with E-state index in [1.165, 1.54) is 42.4 Å². The molecule has 1 aliphatic heterocycles. The third-order valence-electron chi connectivity index (χ3n) is 6.91. The zero-order valence-electron chi connectivity index (χ0n) is 18.4. The van der Waals surface area contributed by atoms with Crippen molar-refractivity contribution in [2.45, 2.75) is 58.4 Å². The molecule has 1 aromatic heterocycles. The van der Waals surface area contributed by atoms with Crippen LogP contribution >= 0.6 is 0 Å². The fourth-order valence-corrected chi connectivity index (χ4v) is 5.23. The molecular weight excluding hydrogens is 370 g/mol. The molecule has 0 bridgehead atoms. The van der Waals surface area contributed by atoms with Crippen molar-refractivity contribution in [3.8, 4) is 11.1 Å². The van der Waals surface area contributed by atoms with Gasteiger partial charge in [-0.1, -0.05) is 51.0 Å². The SMILES string of the molecule is CC(C)CNC(=O)[C@]1(Cc2ccccc2-c2ccncc2)CCN(C2CCCC2)C1. The highest BCUT2D eigenvalue weighted by atomic mass is 16.2. The molecule has 1 amide bonds. The molecule has 1 saturated carbocycles. The van der Waals surface area contributed by atoms with E-state index in [4.69, 9.17) is 0 Å². The zero-order valence-corrected chi connectivity index (χ0v) is 18.4. The summed E-state index contributed by atoms with van der Waals surface area (Å²) in [6.07, 6.45) is 10.7. The second-order valence-electron chi connectivity index (χ2n) is 9.61. The van der Waals surface area contributed by atoms with Crippen molar-refractivity contribution in [2.75, 3.05) is 19.6 Å². The Bertz CT molecular complexity index is 844. The Morgan fingerprint density at radius 1 is 1.17 bits per heavy atom. The van der Waals surface area contributed by atoms with E-state index in [0.717, 1.165) is 32.5 Å². The zero-order chi connectivity index (χ0) is 21.0. The van der Waals surface area contributed by atoms with Crippen molar-refractivity contribution < 1.29 is 4.79 Å². The van der Waals surface area contributed by atoms with E-state index in [-0.39, 0.29) is 11.3 Å². The molecule has 0 spiro atoms. The highest BCUT2D eigenvalue weighted by Gasteiger charge is 2.46. The number of hydrogen-bond acceptors (Lipinski definition) is 3. The van der Waals surface area contributed by atoms with Crippen LogP contribution in [0.3, 0.4) is 0 Å². The first-order chi connectivity index (χ1) is 14.6. The molecule has 4 nitrogen and oxygen atoms in total. The molecule has 1 N–H and O–H groups in total. The predicted octanol–water partition coefficient (Wildman–Crippen LogP) is 4.70. The van der Waals surface area contributed by atoms with Crippen LogP contribution in [0, 0.1) is 11.3 Å². The Hall–Kier alpha value is -2.20. The summed E-state index contributed by atoms with van der Waals surface area (Å²) >= 11 is 0. The molecular formula is C26H35N3O. The number of amides is 1. The molecule has 4 rings (SSSR count). The maximum Gasteiger partial charge on any atom is 0.227 e.